The minimum Gasteiger partial charge on any atom is -0.338 e. The first kappa shape index (κ1) is 19.3. The zero-order chi connectivity index (χ0) is 21.2. The fraction of sp³-hybridized carbons (Fsp3) is 0.240. The van der Waals surface area contributed by atoms with Crippen LogP contribution in [-0.2, 0) is 0 Å². The van der Waals surface area contributed by atoms with Crippen molar-refractivity contribution < 1.29 is 4.79 Å². The van der Waals surface area contributed by atoms with Crippen LogP contribution in [0.3, 0.4) is 0 Å². The van der Waals surface area contributed by atoms with Gasteiger partial charge in [-0.2, -0.15) is 5.10 Å². The zero-order valence-corrected chi connectivity index (χ0v) is 17.5. The molecule has 0 spiro atoms. The number of benzene rings is 2. The largest absolute Gasteiger partial charge is 0.338 e. The Morgan fingerprint density at radius 3 is 2.71 bits per heavy atom. The van der Waals surface area contributed by atoms with Crippen LogP contribution in [0.4, 0.5) is 0 Å². The maximum atomic E-state index is 13.2. The summed E-state index contributed by atoms with van der Waals surface area (Å²) in [6, 6.07) is 16.1. The van der Waals surface area contributed by atoms with Crippen molar-refractivity contribution in [3.63, 3.8) is 0 Å². The maximum Gasteiger partial charge on any atom is 0.253 e. The first-order valence-electron chi connectivity index (χ1n) is 10.7. The van der Waals surface area contributed by atoms with E-state index in [1.807, 2.05) is 46.1 Å². The molecule has 0 bridgehead atoms. The van der Waals surface area contributed by atoms with Gasteiger partial charge in [-0.15, -0.1) is 0 Å². The van der Waals surface area contributed by atoms with Gasteiger partial charge in [-0.1, -0.05) is 24.3 Å². The number of rotatable bonds is 4. The molecule has 6 heteroatoms. The van der Waals surface area contributed by atoms with E-state index in [9.17, 15) is 4.79 Å². The van der Waals surface area contributed by atoms with Crippen LogP contribution >= 0.6 is 0 Å². The number of carbonyl (C=O) groups excluding carboxylic acids is 1. The molecule has 0 radical (unpaired) electrons. The monoisotopic (exact) mass is 411 g/mol. The number of piperidine rings is 1. The smallest absolute Gasteiger partial charge is 0.253 e. The highest BCUT2D eigenvalue weighted by Gasteiger charge is 2.28. The molecule has 1 fully saturated rings. The maximum absolute atomic E-state index is 13.2. The molecular formula is C25H25N5O. The van der Waals surface area contributed by atoms with Gasteiger partial charge in [0.1, 0.15) is 0 Å². The summed E-state index contributed by atoms with van der Waals surface area (Å²) in [5, 5.41) is 7.57. The Balaban J connectivity index is 1.35. The van der Waals surface area contributed by atoms with Crippen molar-refractivity contribution in [2.45, 2.75) is 25.7 Å². The molecule has 31 heavy (non-hydrogen) atoms. The normalized spacial score (nSPS) is 16.4. The van der Waals surface area contributed by atoms with Crippen LogP contribution in [0.5, 0.6) is 0 Å². The lowest BCUT2D eigenvalue weighted by Crippen LogP contribution is -2.39. The van der Waals surface area contributed by atoms with Crippen molar-refractivity contribution in [3.05, 3.63) is 90.3 Å². The number of imidazole rings is 1. The van der Waals surface area contributed by atoms with Crippen LogP contribution in [0.15, 0.2) is 73.4 Å². The lowest BCUT2D eigenvalue weighted by molar-refractivity contribution is 0.0706. The van der Waals surface area contributed by atoms with Crippen molar-refractivity contribution in [3.8, 4) is 16.8 Å². The molecule has 0 unspecified atom stereocenters. The molecule has 1 saturated heterocycles. The molecular weight excluding hydrogens is 386 g/mol. The molecule has 156 valence electrons. The van der Waals surface area contributed by atoms with Crippen molar-refractivity contribution in [1.82, 2.24) is 24.6 Å². The fourth-order valence-corrected chi connectivity index (χ4v) is 4.46. The molecule has 0 aliphatic carbocycles. The predicted octanol–water partition coefficient (Wildman–Crippen LogP) is 4.59. The molecule has 3 heterocycles. The van der Waals surface area contributed by atoms with Gasteiger partial charge < -0.3 is 9.47 Å². The van der Waals surface area contributed by atoms with Crippen molar-refractivity contribution >= 4 is 5.91 Å². The zero-order valence-electron chi connectivity index (χ0n) is 17.5. The van der Waals surface area contributed by atoms with Crippen LogP contribution in [0.25, 0.3) is 16.8 Å². The highest BCUT2D eigenvalue weighted by Crippen LogP contribution is 2.34. The highest BCUT2D eigenvalue weighted by atomic mass is 16.2. The molecule has 1 amide bonds. The van der Waals surface area contributed by atoms with Gasteiger partial charge in [0.05, 0.1) is 12.5 Å². The molecule has 1 N–H and O–H groups in total. The molecule has 0 saturated carbocycles. The van der Waals surface area contributed by atoms with E-state index in [2.05, 4.69) is 46.4 Å². The summed E-state index contributed by atoms with van der Waals surface area (Å²) in [6.07, 6.45) is 9.33. The Kier molecular flexibility index (Phi) is 5.12. The molecule has 1 atom stereocenters. The Hall–Kier alpha value is -3.67. The van der Waals surface area contributed by atoms with Crippen LogP contribution in [0.2, 0.25) is 0 Å². The number of aryl methyl sites for hydroxylation is 1. The number of hydrogen-bond acceptors (Lipinski definition) is 3. The second kappa shape index (κ2) is 8.22. The summed E-state index contributed by atoms with van der Waals surface area (Å²) in [6.45, 7) is 3.60. The Morgan fingerprint density at radius 2 is 1.94 bits per heavy atom. The van der Waals surface area contributed by atoms with Crippen molar-refractivity contribution in [2.75, 3.05) is 13.1 Å². The Bertz CT molecular complexity index is 1180. The average molecular weight is 412 g/mol. The summed E-state index contributed by atoms with van der Waals surface area (Å²) >= 11 is 0. The lowest BCUT2D eigenvalue weighted by Gasteiger charge is -2.33. The van der Waals surface area contributed by atoms with E-state index in [0.717, 1.165) is 36.3 Å². The van der Waals surface area contributed by atoms with E-state index in [4.69, 9.17) is 0 Å². The summed E-state index contributed by atoms with van der Waals surface area (Å²) in [4.78, 5) is 19.3. The van der Waals surface area contributed by atoms with Gasteiger partial charge in [0.2, 0.25) is 0 Å². The molecule has 2 aromatic heterocycles. The highest BCUT2D eigenvalue weighted by molar-refractivity contribution is 5.94. The molecule has 1 aliphatic rings. The van der Waals surface area contributed by atoms with Gasteiger partial charge in [-0.25, -0.2) is 4.98 Å². The molecule has 1 aliphatic heterocycles. The van der Waals surface area contributed by atoms with E-state index < -0.39 is 0 Å². The first-order chi connectivity index (χ1) is 15.2. The van der Waals surface area contributed by atoms with Gasteiger partial charge in [-0.3, -0.25) is 9.89 Å². The standard InChI is InChI=1S/C25H25N5O/c1-18-5-2-3-7-22(18)23-15-27-28-24(23)20-6-4-13-29(16-20)25(31)19-8-10-21(11-9-19)30-14-12-26-17-30/h2-3,5,7-12,14-15,17,20H,4,6,13,16H2,1H3,(H,27,28)/t20-/m1/s1. The van der Waals surface area contributed by atoms with E-state index >= 15 is 0 Å². The lowest BCUT2D eigenvalue weighted by atomic mass is 9.89. The van der Waals surface area contributed by atoms with E-state index in [-0.39, 0.29) is 11.8 Å². The van der Waals surface area contributed by atoms with Gasteiger partial charge in [0.15, 0.2) is 0 Å². The van der Waals surface area contributed by atoms with Gasteiger partial charge in [0, 0.05) is 53.9 Å². The number of nitrogens with zero attached hydrogens (tertiary/aromatic N) is 4. The van der Waals surface area contributed by atoms with E-state index in [1.165, 1.54) is 11.1 Å². The number of H-pyrrole nitrogens is 1. The van der Waals surface area contributed by atoms with Gasteiger partial charge in [0.25, 0.3) is 5.91 Å². The SMILES string of the molecule is Cc1ccccc1-c1cn[nH]c1[C@@H]1CCCN(C(=O)c2ccc(-n3ccnc3)cc2)C1. The van der Waals surface area contributed by atoms with Gasteiger partial charge >= 0.3 is 0 Å². The van der Waals surface area contributed by atoms with E-state index in [1.54, 1.807) is 12.5 Å². The van der Waals surface area contributed by atoms with Crippen molar-refractivity contribution in [1.29, 1.82) is 0 Å². The van der Waals surface area contributed by atoms with Crippen LogP contribution < -0.4 is 0 Å². The summed E-state index contributed by atoms with van der Waals surface area (Å²) in [5.41, 5.74) is 6.40. The summed E-state index contributed by atoms with van der Waals surface area (Å²) < 4.78 is 1.93. The third-order valence-electron chi connectivity index (χ3n) is 6.14. The number of amides is 1. The third kappa shape index (κ3) is 3.77. The number of likely N-dealkylation sites (tertiary alicyclic amines) is 1. The molecule has 5 rings (SSSR count). The number of aromatic nitrogens is 4. The number of carbonyl (C=O) groups is 1. The van der Waals surface area contributed by atoms with Gasteiger partial charge in [-0.05, 0) is 55.2 Å². The number of nitrogens with one attached hydrogen (secondary N) is 1. The van der Waals surface area contributed by atoms with Crippen LogP contribution in [0, 0.1) is 6.92 Å². The van der Waals surface area contributed by atoms with Crippen molar-refractivity contribution in [2.24, 2.45) is 0 Å². The Morgan fingerprint density at radius 1 is 1.10 bits per heavy atom. The van der Waals surface area contributed by atoms with Crippen LogP contribution in [-0.4, -0.2) is 43.6 Å². The second-order valence-electron chi connectivity index (χ2n) is 8.12. The third-order valence-corrected chi connectivity index (χ3v) is 6.14. The molecule has 2 aromatic carbocycles. The average Bonchev–Trinajstić information content (AvgIpc) is 3.52. The quantitative estimate of drug-likeness (QED) is 0.534. The van der Waals surface area contributed by atoms with Crippen LogP contribution in [0.1, 0.15) is 40.4 Å². The van der Waals surface area contributed by atoms with E-state index in [0.29, 0.717) is 12.1 Å². The second-order valence-corrected chi connectivity index (χ2v) is 8.12. The number of aromatic amines is 1. The minimum atomic E-state index is 0.0823. The predicted molar refractivity (Wildman–Crippen MR) is 120 cm³/mol. The molecule has 4 aromatic rings. The summed E-state index contributed by atoms with van der Waals surface area (Å²) in [5.74, 6) is 0.332. The topological polar surface area (TPSA) is 66.8 Å². The fourth-order valence-electron chi connectivity index (χ4n) is 4.46. The minimum absolute atomic E-state index is 0.0823. The number of hydrogen-bond donors (Lipinski definition) is 1. The first-order valence-corrected chi connectivity index (χ1v) is 10.7. The Labute approximate surface area is 181 Å². The molecule has 6 nitrogen and oxygen atoms in total. The summed E-state index contributed by atoms with van der Waals surface area (Å²) in [7, 11) is 0.